The third-order valence-corrected chi connectivity index (χ3v) is 5.79. The molecule has 1 amide bonds. The lowest BCUT2D eigenvalue weighted by molar-refractivity contribution is -0.123. The number of nitriles is 1. The number of carbonyl (C=O) groups is 2. The summed E-state index contributed by atoms with van der Waals surface area (Å²) in [5.41, 5.74) is -0.308. The summed E-state index contributed by atoms with van der Waals surface area (Å²) in [5.74, 6) is 0.0621. The number of benzene rings is 1. The van der Waals surface area contributed by atoms with Crippen molar-refractivity contribution in [1.82, 2.24) is 9.97 Å². The number of carbonyl (C=O) groups excluding carboxylic acids is 1. The Kier molecular flexibility index (Phi) is 7.08. The number of nitrogens with zero attached hydrogens (tertiary/aromatic N) is 4. The molecular weight excluding hydrogens is 446 g/mol. The molecule has 33 heavy (non-hydrogen) atoms. The number of rotatable bonds is 8. The molecule has 1 saturated heterocycles. The second-order valence-corrected chi connectivity index (χ2v) is 8.65. The molecule has 0 spiro atoms. The Hall–Kier alpha value is -3.38. The van der Waals surface area contributed by atoms with Gasteiger partial charge in [-0.3, -0.25) is 9.69 Å². The van der Waals surface area contributed by atoms with Gasteiger partial charge in [0.15, 0.2) is 0 Å². The zero-order valence-corrected chi connectivity index (χ0v) is 19.3. The Morgan fingerprint density at radius 3 is 2.79 bits per heavy atom. The highest BCUT2D eigenvalue weighted by molar-refractivity contribution is 6.01. The first kappa shape index (κ1) is 24.3. The number of anilines is 3. The van der Waals surface area contributed by atoms with Gasteiger partial charge >= 0.3 is 5.97 Å². The van der Waals surface area contributed by atoms with E-state index in [1.165, 1.54) is 6.07 Å². The fourth-order valence-electron chi connectivity index (χ4n) is 3.95. The first-order chi connectivity index (χ1) is 15.3. The van der Waals surface area contributed by atoms with Crippen molar-refractivity contribution in [3.05, 3.63) is 36.0 Å². The van der Waals surface area contributed by atoms with Crippen molar-refractivity contribution in [2.75, 3.05) is 23.4 Å². The van der Waals surface area contributed by atoms with E-state index in [0.29, 0.717) is 31.1 Å². The monoisotopic (exact) mass is 471 g/mol. The van der Waals surface area contributed by atoms with E-state index in [0.717, 1.165) is 12.8 Å². The second-order valence-electron chi connectivity index (χ2n) is 8.65. The predicted octanol–water partition coefficient (Wildman–Crippen LogP) is 4.03. The zero-order chi connectivity index (χ0) is 22.9. The Morgan fingerprint density at radius 1 is 1.39 bits per heavy atom. The van der Waals surface area contributed by atoms with Crippen LogP contribution in [0.2, 0.25) is 0 Å². The minimum atomic E-state index is -1.07. The number of halogens is 1. The van der Waals surface area contributed by atoms with Gasteiger partial charge in [0.2, 0.25) is 11.9 Å². The summed E-state index contributed by atoms with van der Waals surface area (Å²) in [4.78, 5) is 34.8. The Labute approximate surface area is 198 Å². The molecule has 1 aliphatic carbocycles. The fourth-order valence-corrected chi connectivity index (χ4v) is 3.95. The van der Waals surface area contributed by atoms with Gasteiger partial charge in [-0.15, -0.1) is 12.4 Å². The summed E-state index contributed by atoms with van der Waals surface area (Å²) in [6.07, 6.45) is 3.88. The highest BCUT2D eigenvalue weighted by atomic mass is 35.5. The Bertz CT molecular complexity index is 1100. The van der Waals surface area contributed by atoms with E-state index < -0.39 is 11.4 Å². The van der Waals surface area contributed by atoms with Gasteiger partial charge in [0.25, 0.3) is 0 Å². The molecule has 0 unspecified atom stereocenters. The van der Waals surface area contributed by atoms with Gasteiger partial charge in [-0.05, 0) is 49.3 Å². The van der Waals surface area contributed by atoms with Gasteiger partial charge in [0, 0.05) is 24.5 Å². The third-order valence-electron chi connectivity index (χ3n) is 5.79. The van der Waals surface area contributed by atoms with E-state index >= 15 is 0 Å². The largest absolute Gasteiger partial charge is 0.492 e. The average Bonchev–Trinajstić information content (AvgIpc) is 3.56. The number of aromatic nitrogens is 2. The molecular formula is C23H26ClN5O4. The lowest BCUT2D eigenvalue weighted by Gasteiger charge is -2.20. The molecule has 2 aromatic rings. The average molecular weight is 472 g/mol. The molecule has 2 N–H and O–H groups in total. The standard InChI is InChI=1S/C23H25N5O4.ClH/c1-14(2)12-32-18-11-16(5-6-17(18)20(29)30)26-22-25-9-7-19(27-22)28-10-8-23(13-24,21(28)31)15-3-4-15;/h5-7,9,11,14-15H,3-4,8,10,12H2,1-2H3,(H,29,30)(H,25,26,27);1H/t23-;/m1./s1. The van der Waals surface area contributed by atoms with E-state index in [9.17, 15) is 20.0 Å². The molecule has 4 rings (SSSR count). The number of ether oxygens (including phenoxy) is 1. The maximum atomic E-state index is 13.0. The number of carboxylic acid groups (broad SMARTS) is 1. The van der Waals surface area contributed by atoms with E-state index in [1.807, 2.05) is 13.8 Å². The van der Waals surface area contributed by atoms with E-state index in [-0.39, 0.29) is 47.4 Å². The maximum Gasteiger partial charge on any atom is 0.339 e. The summed E-state index contributed by atoms with van der Waals surface area (Å²) in [7, 11) is 0. The van der Waals surface area contributed by atoms with Crippen molar-refractivity contribution in [2.45, 2.75) is 33.1 Å². The number of aromatic carboxylic acids is 1. The van der Waals surface area contributed by atoms with Crippen LogP contribution in [0.4, 0.5) is 17.5 Å². The molecule has 174 valence electrons. The molecule has 2 fully saturated rings. The van der Waals surface area contributed by atoms with Gasteiger partial charge in [-0.2, -0.15) is 10.2 Å². The number of amides is 1. The van der Waals surface area contributed by atoms with Crippen LogP contribution in [0.1, 0.15) is 43.5 Å². The van der Waals surface area contributed by atoms with Crippen LogP contribution in [-0.2, 0) is 4.79 Å². The molecule has 0 radical (unpaired) electrons. The van der Waals surface area contributed by atoms with Crippen LogP contribution in [0.25, 0.3) is 0 Å². The van der Waals surface area contributed by atoms with Crippen LogP contribution in [0, 0.1) is 28.6 Å². The number of carboxylic acids is 1. The first-order valence-electron chi connectivity index (χ1n) is 10.7. The lowest BCUT2D eigenvalue weighted by Crippen LogP contribution is -2.35. The minimum absolute atomic E-state index is 0. The van der Waals surface area contributed by atoms with E-state index in [4.69, 9.17) is 4.74 Å². The minimum Gasteiger partial charge on any atom is -0.492 e. The molecule has 1 atom stereocenters. The molecule has 9 nitrogen and oxygen atoms in total. The molecule has 1 aliphatic heterocycles. The summed E-state index contributed by atoms with van der Waals surface area (Å²) in [6.45, 7) is 4.78. The van der Waals surface area contributed by atoms with Crippen molar-refractivity contribution in [1.29, 1.82) is 5.26 Å². The SMILES string of the molecule is CC(C)COc1cc(Nc2nccc(N3CC[C@@](C#N)(C4CC4)C3=O)n2)ccc1C(=O)O.Cl. The highest BCUT2D eigenvalue weighted by Gasteiger charge is 2.57. The van der Waals surface area contributed by atoms with Crippen molar-refractivity contribution < 1.29 is 19.4 Å². The third kappa shape index (κ3) is 4.86. The zero-order valence-electron chi connectivity index (χ0n) is 18.4. The van der Waals surface area contributed by atoms with Crippen LogP contribution in [-0.4, -0.2) is 40.1 Å². The maximum absolute atomic E-state index is 13.0. The summed E-state index contributed by atoms with van der Waals surface area (Å²) in [5, 5.41) is 22.1. The predicted molar refractivity (Wildman–Crippen MR) is 124 cm³/mol. The normalized spacial score (nSPS) is 19.7. The van der Waals surface area contributed by atoms with Crippen LogP contribution in [0.3, 0.4) is 0 Å². The van der Waals surface area contributed by atoms with Crippen molar-refractivity contribution in [3.63, 3.8) is 0 Å². The molecule has 1 aromatic heterocycles. The topological polar surface area (TPSA) is 128 Å². The Balaban J connectivity index is 0.00000306. The van der Waals surface area contributed by atoms with Gasteiger partial charge in [-0.1, -0.05) is 13.8 Å². The molecule has 10 heteroatoms. The van der Waals surface area contributed by atoms with Crippen LogP contribution in [0.5, 0.6) is 5.75 Å². The number of nitrogens with one attached hydrogen (secondary N) is 1. The van der Waals surface area contributed by atoms with E-state index in [2.05, 4.69) is 21.4 Å². The van der Waals surface area contributed by atoms with Crippen LogP contribution in [0.15, 0.2) is 30.5 Å². The molecule has 2 heterocycles. The van der Waals surface area contributed by atoms with Crippen molar-refractivity contribution in [2.24, 2.45) is 17.3 Å². The molecule has 0 bridgehead atoms. The Morgan fingerprint density at radius 2 is 2.15 bits per heavy atom. The van der Waals surface area contributed by atoms with Crippen molar-refractivity contribution in [3.8, 4) is 11.8 Å². The fraction of sp³-hybridized carbons (Fsp3) is 0.435. The van der Waals surface area contributed by atoms with E-state index in [1.54, 1.807) is 29.3 Å². The van der Waals surface area contributed by atoms with Crippen LogP contribution < -0.4 is 15.0 Å². The molecule has 1 saturated carbocycles. The highest BCUT2D eigenvalue weighted by Crippen LogP contribution is 2.51. The molecule has 1 aromatic carbocycles. The first-order valence-corrected chi connectivity index (χ1v) is 10.7. The molecule has 2 aliphatic rings. The summed E-state index contributed by atoms with van der Waals surface area (Å²) in [6, 6.07) is 8.58. The summed E-state index contributed by atoms with van der Waals surface area (Å²) >= 11 is 0. The van der Waals surface area contributed by atoms with Crippen LogP contribution >= 0.6 is 12.4 Å². The summed E-state index contributed by atoms with van der Waals surface area (Å²) < 4.78 is 5.68. The van der Waals surface area contributed by atoms with Gasteiger partial charge < -0.3 is 15.2 Å². The van der Waals surface area contributed by atoms with Gasteiger partial charge in [0.05, 0.1) is 12.7 Å². The number of hydrogen-bond donors (Lipinski definition) is 2. The second kappa shape index (κ2) is 9.63. The smallest absolute Gasteiger partial charge is 0.339 e. The number of hydrogen-bond acceptors (Lipinski definition) is 7. The van der Waals surface area contributed by atoms with Crippen molar-refractivity contribution >= 4 is 41.7 Å². The van der Waals surface area contributed by atoms with Gasteiger partial charge in [-0.25, -0.2) is 9.78 Å². The van der Waals surface area contributed by atoms with Gasteiger partial charge in [0.1, 0.15) is 22.5 Å². The lowest BCUT2D eigenvalue weighted by atomic mass is 9.83. The quantitative estimate of drug-likeness (QED) is 0.590.